The van der Waals surface area contributed by atoms with Gasteiger partial charge in [-0.1, -0.05) is 36.4 Å². The van der Waals surface area contributed by atoms with Gasteiger partial charge in [0.25, 0.3) is 0 Å². The second-order valence-corrected chi connectivity index (χ2v) is 10.5. The number of likely N-dealkylation sites (tertiary alicyclic amines) is 1. The van der Waals surface area contributed by atoms with Crippen molar-refractivity contribution in [2.75, 3.05) is 13.1 Å². The first-order valence-electron chi connectivity index (χ1n) is 14.6. The van der Waals surface area contributed by atoms with Crippen LogP contribution in [0.1, 0.15) is 64.4 Å². The molecule has 1 aromatic rings. The molecule has 43 heavy (non-hydrogen) atoms. The zero-order chi connectivity index (χ0) is 31.8. The number of esters is 1. The average Bonchev–Trinajstić information content (AvgIpc) is 3.48. The lowest BCUT2D eigenvalue weighted by atomic mass is 10.1. The van der Waals surface area contributed by atoms with Crippen molar-refractivity contribution in [3.05, 3.63) is 48.0 Å². The van der Waals surface area contributed by atoms with E-state index in [-0.39, 0.29) is 31.8 Å². The van der Waals surface area contributed by atoms with Crippen LogP contribution in [0.2, 0.25) is 0 Å². The Hall–Kier alpha value is -4.26. The molecule has 1 aliphatic rings. The van der Waals surface area contributed by atoms with Crippen LogP contribution in [0.3, 0.4) is 0 Å². The number of nitrogens with zero attached hydrogens (tertiary/aromatic N) is 1. The predicted octanol–water partition coefficient (Wildman–Crippen LogP) is 0.166. The first-order valence-corrected chi connectivity index (χ1v) is 14.6. The van der Waals surface area contributed by atoms with Gasteiger partial charge in [-0.05, 0) is 57.6 Å². The molecule has 7 N–H and O–H groups in total. The van der Waals surface area contributed by atoms with E-state index in [0.717, 1.165) is 5.56 Å². The van der Waals surface area contributed by atoms with Gasteiger partial charge in [0.2, 0.25) is 29.5 Å². The summed E-state index contributed by atoms with van der Waals surface area (Å²) in [6.45, 7) is 3.84. The van der Waals surface area contributed by atoms with Crippen LogP contribution in [0.5, 0.6) is 0 Å². The number of carbonyl (C=O) groups is 6. The number of ether oxygens (including phenoxy) is 1. The van der Waals surface area contributed by atoms with Crippen LogP contribution in [0, 0.1) is 0 Å². The van der Waals surface area contributed by atoms with Crippen LogP contribution < -0.4 is 27.4 Å². The molecule has 13 heteroatoms. The third-order valence-electron chi connectivity index (χ3n) is 7.01. The van der Waals surface area contributed by atoms with Crippen LogP contribution in [-0.4, -0.2) is 77.7 Å². The van der Waals surface area contributed by atoms with E-state index in [4.69, 9.17) is 16.2 Å². The van der Waals surface area contributed by atoms with Gasteiger partial charge in [0, 0.05) is 32.0 Å². The molecule has 0 aliphatic carbocycles. The summed E-state index contributed by atoms with van der Waals surface area (Å²) < 4.78 is 5.23. The van der Waals surface area contributed by atoms with E-state index >= 15 is 0 Å². The average molecular weight is 601 g/mol. The first-order chi connectivity index (χ1) is 20.5. The molecule has 236 valence electrons. The van der Waals surface area contributed by atoms with Crippen molar-refractivity contribution in [2.45, 2.75) is 89.6 Å². The van der Waals surface area contributed by atoms with Crippen LogP contribution in [-0.2, 0) is 40.1 Å². The fraction of sp³-hybridized carbons (Fsp3) is 0.533. The van der Waals surface area contributed by atoms with Crippen molar-refractivity contribution >= 4 is 35.5 Å². The minimum absolute atomic E-state index is 0.0555. The minimum Gasteiger partial charge on any atom is -0.458 e. The summed E-state index contributed by atoms with van der Waals surface area (Å²) in [5.41, 5.74) is 11.7. The third kappa shape index (κ3) is 12.6. The van der Waals surface area contributed by atoms with Crippen LogP contribution in [0.4, 0.5) is 0 Å². The van der Waals surface area contributed by atoms with E-state index in [1.54, 1.807) is 0 Å². The number of nitrogens with two attached hydrogens (primary N) is 2. The number of nitrogens with one attached hydrogen (secondary N) is 3. The normalized spacial score (nSPS) is 16.6. The quantitative estimate of drug-likeness (QED) is 0.0945. The molecular weight excluding hydrogens is 556 g/mol. The van der Waals surface area contributed by atoms with Crippen LogP contribution in [0.15, 0.2) is 42.5 Å². The summed E-state index contributed by atoms with van der Waals surface area (Å²) in [6, 6.07) is 5.77. The number of carbonyl (C=O) groups excluding carboxylic acids is 6. The lowest BCUT2D eigenvalue weighted by Gasteiger charge is -2.26. The molecule has 13 nitrogen and oxygen atoms in total. The third-order valence-corrected chi connectivity index (χ3v) is 7.01. The number of benzene rings is 1. The minimum atomic E-state index is -0.979. The van der Waals surface area contributed by atoms with Crippen molar-refractivity contribution in [3.63, 3.8) is 0 Å². The Kier molecular flexibility index (Phi) is 14.9. The zero-order valence-corrected chi connectivity index (χ0v) is 24.9. The topological polar surface area (TPSA) is 203 Å². The van der Waals surface area contributed by atoms with Gasteiger partial charge < -0.3 is 37.1 Å². The fourth-order valence-electron chi connectivity index (χ4n) is 4.62. The maximum Gasteiger partial charge on any atom is 0.330 e. The Morgan fingerprint density at radius 2 is 1.74 bits per heavy atom. The highest BCUT2D eigenvalue weighted by atomic mass is 16.5. The van der Waals surface area contributed by atoms with E-state index in [0.29, 0.717) is 38.8 Å². The number of amides is 5. The van der Waals surface area contributed by atoms with Gasteiger partial charge in [0.15, 0.2) is 0 Å². The molecule has 0 radical (unpaired) electrons. The number of hydrogen-bond acceptors (Lipinski definition) is 8. The summed E-state index contributed by atoms with van der Waals surface area (Å²) in [4.78, 5) is 76.1. The number of rotatable bonds is 17. The van der Waals surface area contributed by atoms with Crippen molar-refractivity contribution < 1.29 is 33.5 Å². The first kappa shape index (κ1) is 34.9. The molecule has 5 amide bonds. The molecule has 1 heterocycles. The summed E-state index contributed by atoms with van der Waals surface area (Å²) in [6.07, 6.45) is 5.27. The van der Waals surface area contributed by atoms with E-state index < -0.39 is 53.8 Å². The molecule has 1 aromatic carbocycles. The summed E-state index contributed by atoms with van der Waals surface area (Å²) in [7, 11) is 0. The van der Waals surface area contributed by atoms with E-state index in [9.17, 15) is 28.8 Å². The predicted molar refractivity (Wildman–Crippen MR) is 159 cm³/mol. The van der Waals surface area contributed by atoms with Crippen molar-refractivity contribution in [3.8, 4) is 0 Å². The Bertz CT molecular complexity index is 1140. The highest BCUT2D eigenvalue weighted by Gasteiger charge is 2.34. The van der Waals surface area contributed by atoms with Gasteiger partial charge in [-0.2, -0.15) is 0 Å². The Morgan fingerprint density at radius 3 is 2.40 bits per heavy atom. The fourth-order valence-corrected chi connectivity index (χ4v) is 4.62. The monoisotopic (exact) mass is 600 g/mol. The highest BCUT2D eigenvalue weighted by Crippen LogP contribution is 2.17. The smallest absolute Gasteiger partial charge is 0.330 e. The largest absolute Gasteiger partial charge is 0.458 e. The molecule has 0 bridgehead atoms. The van der Waals surface area contributed by atoms with E-state index in [2.05, 4.69) is 16.0 Å². The summed E-state index contributed by atoms with van der Waals surface area (Å²) >= 11 is 0. The van der Waals surface area contributed by atoms with Crippen molar-refractivity contribution in [1.29, 1.82) is 0 Å². The molecule has 1 saturated heterocycles. The molecule has 4 atom stereocenters. The molecule has 1 aliphatic heterocycles. The highest BCUT2D eigenvalue weighted by molar-refractivity contribution is 5.94. The van der Waals surface area contributed by atoms with Crippen LogP contribution in [0.25, 0.3) is 0 Å². The lowest BCUT2D eigenvalue weighted by Crippen LogP contribution is -2.56. The number of unbranched alkanes of at least 4 members (excludes halogenated alkanes) is 1. The van der Waals surface area contributed by atoms with Crippen LogP contribution >= 0.6 is 0 Å². The SMILES string of the molecule is CC(=O)N1CCC[C@H]1C(=O)N[C@@H](C)C(=O)N[C@@H](CCCCN)C(=O)N[C@H](/C=C/C(=O)OCc1ccccc1)CCC(N)=O. The van der Waals surface area contributed by atoms with Gasteiger partial charge in [0.05, 0.1) is 0 Å². The molecular formula is C30H44N6O7. The van der Waals surface area contributed by atoms with Gasteiger partial charge in [-0.3, -0.25) is 24.0 Å². The Balaban J connectivity index is 2.04. The van der Waals surface area contributed by atoms with Gasteiger partial charge in [0.1, 0.15) is 24.7 Å². The van der Waals surface area contributed by atoms with Crippen molar-refractivity contribution in [1.82, 2.24) is 20.9 Å². The molecule has 1 fully saturated rings. The van der Waals surface area contributed by atoms with E-state index in [1.165, 1.54) is 30.9 Å². The zero-order valence-electron chi connectivity index (χ0n) is 24.9. The van der Waals surface area contributed by atoms with E-state index in [1.807, 2.05) is 30.3 Å². The molecule has 0 aromatic heterocycles. The van der Waals surface area contributed by atoms with Gasteiger partial charge >= 0.3 is 5.97 Å². The second-order valence-electron chi connectivity index (χ2n) is 10.5. The summed E-state index contributed by atoms with van der Waals surface area (Å²) in [5, 5.41) is 8.08. The maximum atomic E-state index is 13.3. The van der Waals surface area contributed by atoms with Crippen molar-refractivity contribution in [2.24, 2.45) is 11.5 Å². The Labute approximate surface area is 252 Å². The standard InChI is InChI=1S/C30H44N6O7/c1-20(33-30(42)25-12-8-18-36(25)21(2)37)28(40)35-24(11-6-7-17-31)29(41)34-23(13-15-26(32)38)14-16-27(39)43-19-22-9-4-3-5-10-22/h3-5,9-10,14,16,20,23-25H,6-8,11-13,15,17-19,31H2,1-2H3,(H2,32,38)(H,33,42)(H,34,41)(H,35,40)/b16-14+/t20-,23-,24-,25-/m0/s1. The van der Waals surface area contributed by atoms with Gasteiger partial charge in [-0.25, -0.2) is 4.79 Å². The molecule has 0 spiro atoms. The maximum absolute atomic E-state index is 13.3. The summed E-state index contributed by atoms with van der Waals surface area (Å²) in [5.74, 6) is -2.99. The Morgan fingerprint density at radius 1 is 1.02 bits per heavy atom. The molecule has 0 saturated carbocycles. The lowest BCUT2D eigenvalue weighted by molar-refractivity contribution is -0.139. The molecule has 0 unspecified atom stereocenters. The number of primary amides is 1. The number of hydrogen-bond donors (Lipinski definition) is 5. The van der Waals surface area contributed by atoms with Gasteiger partial charge in [-0.15, -0.1) is 0 Å². The second kappa shape index (κ2) is 18.3. The molecule has 2 rings (SSSR count).